The molecule has 0 aliphatic rings. The molecule has 1 N–H and O–H groups in total. The molecule has 1 rings (SSSR count). The van der Waals surface area contributed by atoms with Gasteiger partial charge in [0.05, 0.1) is 6.04 Å². The number of amides is 1. The zero-order valence-corrected chi connectivity index (χ0v) is 8.83. The molecule has 0 radical (unpaired) electrons. The number of nitrogens with zero attached hydrogens (tertiary/aromatic N) is 1. The van der Waals surface area contributed by atoms with E-state index in [0.29, 0.717) is 5.56 Å². The van der Waals surface area contributed by atoms with Gasteiger partial charge >= 0.3 is 12.3 Å². The van der Waals surface area contributed by atoms with Crippen molar-refractivity contribution in [1.29, 1.82) is 0 Å². The molecule has 1 unspecified atom stereocenters. The van der Waals surface area contributed by atoms with Gasteiger partial charge in [0.15, 0.2) is 0 Å². The van der Waals surface area contributed by atoms with Crippen molar-refractivity contribution in [2.24, 2.45) is 0 Å². The fourth-order valence-electron chi connectivity index (χ4n) is 1.13. The van der Waals surface area contributed by atoms with Crippen LogP contribution in [-0.4, -0.2) is 23.2 Å². The molecule has 0 fully saturated rings. The summed E-state index contributed by atoms with van der Waals surface area (Å²) in [4.78, 5) is 14.6. The summed E-state index contributed by atoms with van der Waals surface area (Å²) in [6.45, 7) is 1.41. The smallest absolute Gasteiger partial charge is 0.344 e. The van der Waals surface area contributed by atoms with E-state index in [-0.39, 0.29) is 0 Å². The maximum atomic E-state index is 12.6. The third-order valence-corrected chi connectivity index (χ3v) is 2.13. The van der Waals surface area contributed by atoms with Gasteiger partial charge in [-0.2, -0.15) is 8.78 Å². The third kappa shape index (κ3) is 3.15. The molecule has 0 saturated carbocycles. The predicted molar refractivity (Wildman–Crippen MR) is 51.7 cm³/mol. The molecular formula is C10H10F4N2O. The van der Waals surface area contributed by atoms with Crippen LogP contribution in [0.15, 0.2) is 24.5 Å². The van der Waals surface area contributed by atoms with E-state index in [4.69, 9.17) is 0 Å². The van der Waals surface area contributed by atoms with Gasteiger partial charge in [-0.1, -0.05) is 0 Å². The van der Waals surface area contributed by atoms with Crippen LogP contribution in [0.1, 0.15) is 18.5 Å². The lowest BCUT2D eigenvalue weighted by Gasteiger charge is -2.19. The summed E-state index contributed by atoms with van der Waals surface area (Å²) in [5, 5.41) is 1.82. The first-order valence-corrected chi connectivity index (χ1v) is 4.72. The number of pyridine rings is 1. The number of hydrogen-bond donors (Lipinski definition) is 1. The van der Waals surface area contributed by atoms with E-state index in [2.05, 4.69) is 4.98 Å². The van der Waals surface area contributed by atoms with Crippen molar-refractivity contribution in [2.75, 3.05) is 0 Å². The Labute approximate surface area is 94.8 Å². The lowest BCUT2D eigenvalue weighted by atomic mass is 10.1. The minimum atomic E-state index is -4.68. The highest BCUT2D eigenvalue weighted by Gasteiger charge is 2.49. The Morgan fingerprint density at radius 2 is 1.88 bits per heavy atom. The molecule has 1 heterocycles. The molecule has 0 bridgehead atoms. The molecule has 1 amide bonds. The topological polar surface area (TPSA) is 42.0 Å². The number of halogens is 4. The second-order valence-electron chi connectivity index (χ2n) is 3.40. The van der Waals surface area contributed by atoms with E-state index < -0.39 is 24.3 Å². The maximum absolute atomic E-state index is 12.6. The van der Waals surface area contributed by atoms with Gasteiger partial charge in [0.1, 0.15) is 0 Å². The lowest BCUT2D eigenvalue weighted by Crippen LogP contribution is -2.45. The average Bonchev–Trinajstić information content (AvgIpc) is 2.29. The second-order valence-corrected chi connectivity index (χ2v) is 3.40. The van der Waals surface area contributed by atoms with Gasteiger partial charge in [0, 0.05) is 12.4 Å². The maximum Gasteiger partial charge on any atom is 0.383 e. The van der Waals surface area contributed by atoms with Gasteiger partial charge in [-0.15, -0.1) is 0 Å². The average molecular weight is 250 g/mol. The number of hydrogen-bond acceptors (Lipinski definition) is 2. The Morgan fingerprint density at radius 3 is 2.35 bits per heavy atom. The van der Waals surface area contributed by atoms with Crippen molar-refractivity contribution in [3.05, 3.63) is 30.1 Å². The monoisotopic (exact) mass is 250 g/mol. The fourth-order valence-corrected chi connectivity index (χ4v) is 1.13. The third-order valence-electron chi connectivity index (χ3n) is 2.13. The Kier molecular flexibility index (Phi) is 4.03. The highest BCUT2D eigenvalue weighted by Crippen LogP contribution is 2.24. The molecule has 17 heavy (non-hydrogen) atoms. The van der Waals surface area contributed by atoms with E-state index in [1.165, 1.54) is 31.5 Å². The Hall–Kier alpha value is -1.66. The van der Waals surface area contributed by atoms with Crippen molar-refractivity contribution < 1.29 is 22.4 Å². The van der Waals surface area contributed by atoms with Crippen LogP contribution < -0.4 is 5.32 Å². The first kappa shape index (κ1) is 13.4. The van der Waals surface area contributed by atoms with Gasteiger partial charge < -0.3 is 5.32 Å². The quantitative estimate of drug-likeness (QED) is 0.832. The molecule has 0 aliphatic heterocycles. The van der Waals surface area contributed by atoms with Crippen LogP contribution in [0, 0.1) is 0 Å². The summed E-state index contributed by atoms with van der Waals surface area (Å²) in [5.74, 6) is -6.67. The number of nitrogens with one attached hydrogen (secondary N) is 1. The van der Waals surface area contributed by atoms with E-state index in [0.717, 1.165) is 0 Å². The van der Waals surface area contributed by atoms with Crippen LogP contribution in [0.25, 0.3) is 0 Å². The number of carbonyl (C=O) groups is 1. The number of alkyl halides is 4. The van der Waals surface area contributed by atoms with Gasteiger partial charge in [-0.3, -0.25) is 9.78 Å². The van der Waals surface area contributed by atoms with Crippen molar-refractivity contribution >= 4 is 5.91 Å². The largest absolute Gasteiger partial charge is 0.383 e. The highest BCUT2D eigenvalue weighted by atomic mass is 19.3. The SMILES string of the molecule is CC(NC(=O)C(F)(F)C(F)F)c1ccncc1. The molecule has 0 aromatic carbocycles. The number of aromatic nitrogens is 1. The molecule has 1 atom stereocenters. The van der Waals surface area contributed by atoms with Crippen LogP contribution in [0.3, 0.4) is 0 Å². The van der Waals surface area contributed by atoms with Crippen LogP contribution in [0.5, 0.6) is 0 Å². The molecule has 0 aliphatic carbocycles. The normalized spacial score (nSPS) is 13.5. The van der Waals surface area contributed by atoms with Crippen molar-refractivity contribution in [1.82, 2.24) is 10.3 Å². The molecule has 0 spiro atoms. The summed E-state index contributed by atoms with van der Waals surface area (Å²) in [5.41, 5.74) is 0.499. The van der Waals surface area contributed by atoms with Crippen LogP contribution >= 0.6 is 0 Å². The lowest BCUT2D eigenvalue weighted by molar-refractivity contribution is -0.170. The van der Waals surface area contributed by atoms with Crippen LogP contribution in [0.4, 0.5) is 17.6 Å². The highest BCUT2D eigenvalue weighted by molar-refractivity contribution is 5.84. The van der Waals surface area contributed by atoms with Crippen LogP contribution in [0.2, 0.25) is 0 Å². The molecule has 7 heteroatoms. The minimum Gasteiger partial charge on any atom is -0.344 e. The van der Waals surface area contributed by atoms with Gasteiger partial charge in [-0.25, -0.2) is 8.78 Å². The first-order chi connectivity index (χ1) is 7.85. The number of carbonyl (C=O) groups excluding carboxylic acids is 1. The summed E-state index contributed by atoms with van der Waals surface area (Å²) >= 11 is 0. The Balaban J connectivity index is 2.70. The minimum absolute atomic E-state index is 0.499. The zero-order valence-electron chi connectivity index (χ0n) is 8.83. The zero-order chi connectivity index (χ0) is 13.1. The fraction of sp³-hybridized carbons (Fsp3) is 0.400. The van der Waals surface area contributed by atoms with Crippen molar-refractivity contribution in [3.63, 3.8) is 0 Å². The van der Waals surface area contributed by atoms with E-state index in [1.807, 2.05) is 5.32 Å². The summed E-state index contributed by atoms with van der Waals surface area (Å²) in [6, 6.07) is 2.19. The summed E-state index contributed by atoms with van der Waals surface area (Å²) < 4.78 is 49.1. The molecule has 3 nitrogen and oxygen atoms in total. The van der Waals surface area contributed by atoms with Crippen molar-refractivity contribution in [3.8, 4) is 0 Å². The van der Waals surface area contributed by atoms with E-state index >= 15 is 0 Å². The van der Waals surface area contributed by atoms with Crippen LogP contribution in [-0.2, 0) is 4.79 Å². The van der Waals surface area contributed by atoms with E-state index in [1.54, 1.807) is 0 Å². The standard InChI is InChI=1S/C10H10F4N2O/c1-6(7-2-4-15-5-3-7)16-9(17)10(13,14)8(11)12/h2-6,8H,1H3,(H,16,17). The summed E-state index contributed by atoms with van der Waals surface area (Å²) in [6.07, 6.45) is -1.21. The Morgan fingerprint density at radius 1 is 1.35 bits per heavy atom. The van der Waals surface area contributed by atoms with Crippen molar-refractivity contribution in [2.45, 2.75) is 25.3 Å². The molecule has 94 valence electrons. The first-order valence-electron chi connectivity index (χ1n) is 4.72. The van der Waals surface area contributed by atoms with Gasteiger partial charge in [0.25, 0.3) is 5.91 Å². The predicted octanol–water partition coefficient (Wildman–Crippen LogP) is 2.16. The molecule has 0 saturated heterocycles. The van der Waals surface area contributed by atoms with Gasteiger partial charge in [-0.05, 0) is 24.6 Å². The molecule has 1 aromatic rings. The van der Waals surface area contributed by atoms with E-state index in [9.17, 15) is 22.4 Å². The van der Waals surface area contributed by atoms with Gasteiger partial charge in [0.2, 0.25) is 0 Å². The Bertz CT molecular complexity index is 383. The molecule has 1 aromatic heterocycles. The number of rotatable bonds is 4. The second kappa shape index (κ2) is 5.11. The summed E-state index contributed by atoms with van der Waals surface area (Å²) in [7, 11) is 0. The molecular weight excluding hydrogens is 240 g/mol.